The van der Waals surface area contributed by atoms with Crippen LogP contribution in [0, 0.1) is 0 Å². The van der Waals surface area contributed by atoms with Crippen molar-refractivity contribution >= 4 is 29.3 Å². The third-order valence-electron chi connectivity index (χ3n) is 3.99. The van der Waals surface area contributed by atoms with Crippen LogP contribution in [0.2, 0.25) is 5.02 Å². The van der Waals surface area contributed by atoms with Gasteiger partial charge in [0, 0.05) is 34.3 Å². The number of amides is 1. The highest BCUT2D eigenvalue weighted by Crippen LogP contribution is 2.19. The van der Waals surface area contributed by atoms with E-state index in [1.807, 2.05) is 48.5 Å². The molecule has 0 saturated heterocycles. The lowest BCUT2D eigenvalue weighted by atomic mass is 10.1. The van der Waals surface area contributed by atoms with E-state index >= 15 is 0 Å². The van der Waals surface area contributed by atoms with Crippen molar-refractivity contribution in [3.63, 3.8) is 0 Å². The Morgan fingerprint density at radius 2 is 1.68 bits per heavy atom. The average Bonchev–Trinajstić information content (AvgIpc) is 2.65. The third kappa shape index (κ3) is 6.73. The van der Waals surface area contributed by atoms with E-state index in [1.54, 1.807) is 11.8 Å². The van der Waals surface area contributed by atoms with Crippen LogP contribution in [0.1, 0.15) is 29.8 Å². The van der Waals surface area contributed by atoms with Crippen molar-refractivity contribution in [2.75, 3.05) is 25.4 Å². The summed E-state index contributed by atoms with van der Waals surface area (Å²) in [5.74, 6) is 0.805. The molecule has 0 atom stereocenters. The molecule has 0 bridgehead atoms. The standard InChI is InChI=1S/C20H25ClN2OS/c1-3-23(4-2)15-16-5-7-17(8-6-16)20(24)22-13-14-25-19-11-9-18(21)10-12-19/h5-12H,3-4,13-15H2,1-2H3,(H,22,24). The minimum Gasteiger partial charge on any atom is -0.351 e. The zero-order chi connectivity index (χ0) is 18.1. The highest BCUT2D eigenvalue weighted by atomic mass is 35.5. The summed E-state index contributed by atoms with van der Waals surface area (Å²) >= 11 is 7.57. The molecule has 2 aromatic rings. The Morgan fingerprint density at radius 1 is 1.04 bits per heavy atom. The van der Waals surface area contributed by atoms with Gasteiger partial charge in [-0.15, -0.1) is 11.8 Å². The van der Waals surface area contributed by atoms with Gasteiger partial charge in [-0.25, -0.2) is 0 Å². The SMILES string of the molecule is CCN(CC)Cc1ccc(C(=O)NCCSc2ccc(Cl)cc2)cc1. The maximum absolute atomic E-state index is 12.2. The summed E-state index contributed by atoms with van der Waals surface area (Å²) in [4.78, 5) is 15.7. The fourth-order valence-electron chi connectivity index (χ4n) is 2.43. The molecular weight excluding hydrogens is 352 g/mol. The molecule has 0 fully saturated rings. The predicted octanol–water partition coefficient (Wildman–Crippen LogP) is 4.70. The van der Waals surface area contributed by atoms with Gasteiger partial charge in [-0.05, 0) is 55.1 Å². The molecule has 0 unspecified atom stereocenters. The summed E-state index contributed by atoms with van der Waals surface area (Å²) in [5, 5.41) is 3.70. The molecule has 0 heterocycles. The van der Waals surface area contributed by atoms with Crippen molar-refractivity contribution in [1.29, 1.82) is 0 Å². The molecule has 0 saturated carbocycles. The second kappa shape index (κ2) is 10.5. The van der Waals surface area contributed by atoms with Crippen LogP contribution in [0.3, 0.4) is 0 Å². The average molecular weight is 377 g/mol. The number of rotatable bonds is 9. The fourth-order valence-corrected chi connectivity index (χ4v) is 3.33. The smallest absolute Gasteiger partial charge is 0.251 e. The van der Waals surface area contributed by atoms with Crippen molar-refractivity contribution in [3.8, 4) is 0 Å². The molecule has 0 spiro atoms. The topological polar surface area (TPSA) is 32.3 Å². The summed E-state index contributed by atoms with van der Waals surface area (Å²) < 4.78 is 0. The number of carbonyl (C=O) groups is 1. The van der Waals surface area contributed by atoms with Crippen LogP contribution in [-0.4, -0.2) is 36.2 Å². The Morgan fingerprint density at radius 3 is 2.28 bits per heavy atom. The van der Waals surface area contributed by atoms with Gasteiger partial charge in [-0.3, -0.25) is 9.69 Å². The minimum atomic E-state index is -0.0221. The summed E-state index contributed by atoms with van der Waals surface area (Å²) in [7, 11) is 0. The monoisotopic (exact) mass is 376 g/mol. The molecule has 1 amide bonds. The normalized spacial score (nSPS) is 10.9. The zero-order valence-corrected chi connectivity index (χ0v) is 16.4. The van der Waals surface area contributed by atoms with Crippen LogP contribution in [-0.2, 0) is 6.54 Å². The molecule has 0 aromatic heterocycles. The largest absolute Gasteiger partial charge is 0.351 e. The van der Waals surface area contributed by atoms with E-state index in [-0.39, 0.29) is 5.91 Å². The fraction of sp³-hybridized carbons (Fsp3) is 0.350. The van der Waals surface area contributed by atoms with Crippen molar-refractivity contribution in [3.05, 3.63) is 64.7 Å². The first-order chi connectivity index (χ1) is 12.1. The first-order valence-corrected chi connectivity index (χ1v) is 9.96. The van der Waals surface area contributed by atoms with Gasteiger partial charge in [0.2, 0.25) is 0 Å². The number of carbonyl (C=O) groups excluding carboxylic acids is 1. The van der Waals surface area contributed by atoms with Crippen molar-refractivity contribution < 1.29 is 4.79 Å². The molecule has 25 heavy (non-hydrogen) atoms. The lowest BCUT2D eigenvalue weighted by Crippen LogP contribution is -2.26. The molecule has 5 heteroatoms. The molecule has 134 valence electrons. The molecule has 2 aromatic carbocycles. The highest BCUT2D eigenvalue weighted by Gasteiger charge is 2.06. The first kappa shape index (κ1) is 19.8. The van der Waals surface area contributed by atoms with Crippen LogP contribution in [0.25, 0.3) is 0 Å². The Hall–Kier alpha value is -1.49. The summed E-state index contributed by atoms with van der Waals surface area (Å²) in [5.41, 5.74) is 1.94. The molecular formula is C20H25ClN2OS. The second-order valence-electron chi connectivity index (χ2n) is 5.72. The zero-order valence-electron chi connectivity index (χ0n) is 14.8. The molecule has 0 radical (unpaired) electrons. The van der Waals surface area contributed by atoms with E-state index in [4.69, 9.17) is 11.6 Å². The Kier molecular flexibility index (Phi) is 8.32. The summed E-state index contributed by atoms with van der Waals surface area (Å²) in [6.07, 6.45) is 0. The molecule has 0 aliphatic carbocycles. The molecule has 0 aliphatic rings. The number of nitrogens with one attached hydrogen (secondary N) is 1. The predicted molar refractivity (Wildman–Crippen MR) is 108 cm³/mol. The van der Waals surface area contributed by atoms with Gasteiger partial charge in [-0.1, -0.05) is 37.6 Å². The van der Waals surface area contributed by atoms with Crippen molar-refractivity contribution in [1.82, 2.24) is 10.2 Å². The number of nitrogens with zero attached hydrogens (tertiary/aromatic N) is 1. The molecule has 2 rings (SSSR count). The molecule has 3 nitrogen and oxygen atoms in total. The number of thioether (sulfide) groups is 1. The van der Waals surface area contributed by atoms with Gasteiger partial charge in [0.05, 0.1) is 0 Å². The van der Waals surface area contributed by atoms with Crippen LogP contribution in [0.4, 0.5) is 0 Å². The van der Waals surface area contributed by atoms with E-state index in [0.29, 0.717) is 12.1 Å². The van der Waals surface area contributed by atoms with Gasteiger partial charge < -0.3 is 5.32 Å². The van der Waals surface area contributed by atoms with Crippen LogP contribution < -0.4 is 5.32 Å². The van der Waals surface area contributed by atoms with Gasteiger partial charge in [0.1, 0.15) is 0 Å². The Balaban J connectivity index is 1.75. The van der Waals surface area contributed by atoms with Crippen molar-refractivity contribution in [2.45, 2.75) is 25.3 Å². The highest BCUT2D eigenvalue weighted by molar-refractivity contribution is 7.99. The minimum absolute atomic E-state index is 0.0221. The third-order valence-corrected chi connectivity index (χ3v) is 5.25. The maximum Gasteiger partial charge on any atom is 0.251 e. The van der Waals surface area contributed by atoms with E-state index in [2.05, 4.69) is 24.1 Å². The number of hydrogen-bond acceptors (Lipinski definition) is 3. The Labute approximate surface area is 159 Å². The van der Waals surface area contributed by atoms with E-state index in [0.717, 1.165) is 35.3 Å². The van der Waals surface area contributed by atoms with E-state index in [1.165, 1.54) is 5.56 Å². The summed E-state index contributed by atoms with van der Waals surface area (Å²) in [6, 6.07) is 15.6. The van der Waals surface area contributed by atoms with Crippen LogP contribution in [0.15, 0.2) is 53.4 Å². The lowest BCUT2D eigenvalue weighted by Gasteiger charge is -2.18. The van der Waals surface area contributed by atoms with Gasteiger partial charge >= 0.3 is 0 Å². The van der Waals surface area contributed by atoms with Gasteiger partial charge in [0.25, 0.3) is 5.91 Å². The number of benzene rings is 2. The van der Waals surface area contributed by atoms with Crippen molar-refractivity contribution in [2.24, 2.45) is 0 Å². The lowest BCUT2D eigenvalue weighted by molar-refractivity contribution is 0.0956. The van der Waals surface area contributed by atoms with Crippen LogP contribution >= 0.6 is 23.4 Å². The van der Waals surface area contributed by atoms with Gasteiger partial charge in [-0.2, -0.15) is 0 Å². The van der Waals surface area contributed by atoms with Gasteiger partial charge in [0.15, 0.2) is 0 Å². The van der Waals surface area contributed by atoms with Crippen LogP contribution in [0.5, 0.6) is 0 Å². The number of hydrogen-bond donors (Lipinski definition) is 1. The first-order valence-electron chi connectivity index (χ1n) is 8.60. The van der Waals surface area contributed by atoms with E-state index < -0.39 is 0 Å². The second-order valence-corrected chi connectivity index (χ2v) is 7.32. The molecule has 0 aliphatic heterocycles. The maximum atomic E-state index is 12.2. The molecule has 1 N–H and O–H groups in total. The number of halogens is 1. The Bertz CT molecular complexity index is 654. The van der Waals surface area contributed by atoms with E-state index in [9.17, 15) is 4.79 Å². The summed E-state index contributed by atoms with van der Waals surface area (Å²) in [6.45, 7) is 7.94. The quantitative estimate of drug-likeness (QED) is 0.508.